The van der Waals surface area contributed by atoms with Gasteiger partial charge in [0.25, 0.3) is 5.91 Å². The van der Waals surface area contributed by atoms with E-state index in [2.05, 4.69) is 15.0 Å². The zero-order chi connectivity index (χ0) is 21.3. The van der Waals surface area contributed by atoms with Gasteiger partial charge < -0.3 is 9.88 Å². The highest BCUT2D eigenvalue weighted by Gasteiger charge is 2.28. The lowest BCUT2D eigenvalue weighted by molar-refractivity contribution is 0.0941. The highest BCUT2D eigenvalue weighted by molar-refractivity contribution is 7.89. The minimum Gasteiger partial charge on any atom is -0.338 e. The SMILES string of the molecule is Cn1ccnc1C(NC(=O)c1ccc(S(=O)(=O)NC2CC2)cc1)c1ccc(F)cc1. The van der Waals surface area contributed by atoms with Gasteiger partial charge in [-0.25, -0.2) is 22.5 Å². The molecule has 0 saturated heterocycles. The zero-order valence-corrected chi connectivity index (χ0v) is 17.1. The number of carbonyl (C=O) groups is 1. The van der Waals surface area contributed by atoms with E-state index in [0.717, 1.165) is 12.8 Å². The van der Waals surface area contributed by atoms with Gasteiger partial charge in [-0.1, -0.05) is 12.1 Å². The summed E-state index contributed by atoms with van der Waals surface area (Å²) in [5.41, 5.74) is 0.980. The summed E-state index contributed by atoms with van der Waals surface area (Å²) in [5.74, 6) is -0.186. The number of imidazole rings is 1. The first-order valence-corrected chi connectivity index (χ1v) is 11.0. The van der Waals surface area contributed by atoms with Gasteiger partial charge >= 0.3 is 0 Å². The van der Waals surface area contributed by atoms with Crippen molar-refractivity contribution in [3.63, 3.8) is 0 Å². The Balaban J connectivity index is 1.56. The predicted octanol–water partition coefficient (Wildman–Crippen LogP) is 2.52. The molecule has 0 spiro atoms. The van der Waals surface area contributed by atoms with E-state index in [4.69, 9.17) is 0 Å². The topological polar surface area (TPSA) is 93.1 Å². The minimum absolute atomic E-state index is 0.00669. The Morgan fingerprint density at radius 1 is 1.13 bits per heavy atom. The van der Waals surface area contributed by atoms with Crippen molar-refractivity contribution in [2.75, 3.05) is 0 Å². The first-order chi connectivity index (χ1) is 14.3. The maximum Gasteiger partial charge on any atom is 0.252 e. The molecule has 1 atom stereocenters. The monoisotopic (exact) mass is 428 g/mol. The van der Waals surface area contributed by atoms with E-state index in [9.17, 15) is 17.6 Å². The molecule has 2 aromatic carbocycles. The van der Waals surface area contributed by atoms with Crippen molar-refractivity contribution in [3.05, 3.63) is 83.7 Å². The maximum atomic E-state index is 13.4. The summed E-state index contributed by atoms with van der Waals surface area (Å²) in [7, 11) is -1.78. The van der Waals surface area contributed by atoms with Crippen molar-refractivity contribution < 1.29 is 17.6 Å². The van der Waals surface area contributed by atoms with E-state index in [1.807, 2.05) is 0 Å². The number of amides is 1. The number of rotatable bonds is 7. The number of nitrogens with zero attached hydrogens (tertiary/aromatic N) is 2. The minimum atomic E-state index is -3.58. The summed E-state index contributed by atoms with van der Waals surface area (Å²) in [6.45, 7) is 0. The number of carbonyl (C=O) groups excluding carboxylic acids is 1. The lowest BCUT2D eigenvalue weighted by Gasteiger charge is -2.19. The number of sulfonamides is 1. The Morgan fingerprint density at radius 3 is 2.37 bits per heavy atom. The molecule has 7 nitrogen and oxygen atoms in total. The quantitative estimate of drug-likeness (QED) is 0.605. The molecule has 1 aromatic heterocycles. The smallest absolute Gasteiger partial charge is 0.252 e. The lowest BCUT2D eigenvalue weighted by Crippen LogP contribution is -2.31. The van der Waals surface area contributed by atoms with Gasteiger partial charge in [-0.15, -0.1) is 0 Å². The third kappa shape index (κ3) is 4.42. The molecule has 1 unspecified atom stereocenters. The number of hydrogen-bond acceptors (Lipinski definition) is 4. The van der Waals surface area contributed by atoms with E-state index in [1.165, 1.54) is 36.4 Å². The van der Waals surface area contributed by atoms with Crippen LogP contribution in [-0.2, 0) is 17.1 Å². The summed E-state index contributed by atoms with van der Waals surface area (Å²) in [4.78, 5) is 17.3. The molecule has 9 heteroatoms. The van der Waals surface area contributed by atoms with Crippen LogP contribution >= 0.6 is 0 Å². The highest BCUT2D eigenvalue weighted by Crippen LogP contribution is 2.23. The number of hydrogen-bond donors (Lipinski definition) is 2. The summed E-state index contributed by atoms with van der Waals surface area (Å²) in [6.07, 6.45) is 5.06. The molecule has 156 valence electrons. The zero-order valence-electron chi connectivity index (χ0n) is 16.2. The van der Waals surface area contributed by atoms with Crippen molar-refractivity contribution >= 4 is 15.9 Å². The molecule has 2 N–H and O–H groups in total. The fourth-order valence-corrected chi connectivity index (χ4v) is 4.40. The molecule has 3 aromatic rings. The van der Waals surface area contributed by atoms with Gasteiger partial charge in [0, 0.05) is 31.0 Å². The first kappa shape index (κ1) is 20.2. The van der Waals surface area contributed by atoms with Gasteiger partial charge in [0.2, 0.25) is 10.0 Å². The van der Waals surface area contributed by atoms with Crippen molar-refractivity contribution in [1.29, 1.82) is 0 Å². The number of aryl methyl sites for hydroxylation is 1. The van der Waals surface area contributed by atoms with E-state index in [1.54, 1.807) is 36.1 Å². The summed E-state index contributed by atoms with van der Waals surface area (Å²) < 4.78 is 42.3. The third-order valence-corrected chi connectivity index (χ3v) is 6.46. The van der Waals surface area contributed by atoms with Gasteiger partial charge in [-0.3, -0.25) is 4.79 Å². The van der Waals surface area contributed by atoms with Crippen LogP contribution in [-0.4, -0.2) is 29.9 Å². The fourth-order valence-electron chi connectivity index (χ4n) is 3.10. The first-order valence-electron chi connectivity index (χ1n) is 9.49. The molecule has 1 fully saturated rings. The molecule has 0 radical (unpaired) electrons. The second-order valence-corrected chi connectivity index (χ2v) is 8.99. The van der Waals surface area contributed by atoms with Crippen LogP contribution in [0.25, 0.3) is 0 Å². The van der Waals surface area contributed by atoms with Crippen LogP contribution in [0.15, 0.2) is 65.8 Å². The Bertz CT molecular complexity index is 1150. The van der Waals surface area contributed by atoms with Crippen molar-refractivity contribution in [2.45, 2.75) is 29.8 Å². The number of halogens is 1. The molecule has 0 aliphatic heterocycles. The molecule has 1 aliphatic rings. The van der Waals surface area contributed by atoms with Crippen molar-refractivity contribution in [2.24, 2.45) is 7.05 Å². The summed E-state index contributed by atoms with van der Waals surface area (Å²) in [5, 5.41) is 2.90. The molecule has 1 amide bonds. The van der Waals surface area contributed by atoms with Crippen LogP contribution in [0.4, 0.5) is 4.39 Å². The largest absolute Gasteiger partial charge is 0.338 e. The molecule has 30 heavy (non-hydrogen) atoms. The second kappa shape index (κ2) is 8.00. The lowest BCUT2D eigenvalue weighted by atomic mass is 10.1. The average Bonchev–Trinajstić information content (AvgIpc) is 3.43. The van der Waals surface area contributed by atoms with Crippen molar-refractivity contribution in [1.82, 2.24) is 19.6 Å². The Hall–Kier alpha value is -3.04. The summed E-state index contributed by atoms with van der Waals surface area (Å²) >= 11 is 0. The van der Waals surface area contributed by atoms with Crippen LogP contribution in [0.5, 0.6) is 0 Å². The molecule has 1 aliphatic carbocycles. The predicted molar refractivity (Wildman–Crippen MR) is 109 cm³/mol. The highest BCUT2D eigenvalue weighted by atomic mass is 32.2. The van der Waals surface area contributed by atoms with E-state index in [-0.39, 0.29) is 16.8 Å². The van der Waals surface area contributed by atoms with Crippen LogP contribution < -0.4 is 10.0 Å². The second-order valence-electron chi connectivity index (χ2n) is 7.27. The summed E-state index contributed by atoms with van der Waals surface area (Å²) in [6, 6.07) is 11.0. The molecule has 1 heterocycles. The van der Waals surface area contributed by atoms with Crippen LogP contribution in [0.3, 0.4) is 0 Å². The van der Waals surface area contributed by atoms with Crippen LogP contribution in [0.2, 0.25) is 0 Å². The number of aromatic nitrogens is 2. The molecule has 4 rings (SSSR count). The Morgan fingerprint density at radius 2 is 1.80 bits per heavy atom. The molecular formula is C21H21FN4O3S. The van der Waals surface area contributed by atoms with Crippen LogP contribution in [0, 0.1) is 5.82 Å². The van der Waals surface area contributed by atoms with Gasteiger partial charge in [-0.2, -0.15) is 0 Å². The molecule has 1 saturated carbocycles. The van der Waals surface area contributed by atoms with E-state index < -0.39 is 22.0 Å². The van der Waals surface area contributed by atoms with E-state index in [0.29, 0.717) is 17.0 Å². The van der Waals surface area contributed by atoms with Gasteiger partial charge in [0.1, 0.15) is 17.7 Å². The van der Waals surface area contributed by atoms with Crippen molar-refractivity contribution in [3.8, 4) is 0 Å². The van der Waals surface area contributed by atoms with Gasteiger partial charge in [0.05, 0.1) is 4.90 Å². The standard InChI is InChI=1S/C21H21FN4O3S/c1-26-13-12-23-20(26)19(14-2-6-16(22)7-3-14)24-21(27)15-4-10-18(11-5-15)30(28,29)25-17-8-9-17/h2-7,10-13,17,19,25H,8-9H2,1H3,(H,24,27). The fraction of sp³-hybridized carbons (Fsp3) is 0.238. The number of benzene rings is 2. The van der Waals surface area contributed by atoms with Gasteiger partial charge in [0.15, 0.2) is 0 Å². The molecule has 0 bridgehead atoms. The Kier molecular flexibility index (Phi) is 5.40. The maximum absolute atomic E-state index is 13.4. The number of nitrogens with one attached hydrogen (secondary N) is 2. The average molecular weight is 428 g/mol. The van der Waals surface area contributed by atoms with Gasteiger partial charge in [-0.05, 0) is 54.8 Å². The third-order valence-electron chi connectivity index (χ3n) is 4.92. The van der Waals surface area contributed by atoms with Crippen LogP contribution in [0.1, 0.15) is 40.6 Å². The Labute approximate surface area is 174 Å². The van der Waals surface area contributed by atoms with E-state index >= 15 is 0 Å². The molecular weight excluding hydrogens is 407 g/mol. The normalized spacial score (nSPS) is 15.0.